The molecule has 0 bridgehead atoms. The summed E-state index contributed by atoms with van der Waals surface area (Å²) >= 11 is 1.76. The van der Waals surface area contributed by atoms with E-state index in [0.29, 0.717) is 11.1 Å². The number of nitrogens with one attached hydrogen (secondary N) is 1. The lowest BCUT2D eigenvalue weighted by Crippen LogP contribution is -2.43. The maximum atomic E-state index is 13.0. The standard InChI is InChI=1S/C24H26N2O3S/c1-24(2)14-18-8-9-19(29-3)12-20(18)21(25-24)13-22(27)16-4-6-17(7-5-16)23(28)26-10-11-30-15-26/h4-9,12-13,25H,10-11,14-15H2,1-3H3/b21-13-. The molecule has 6 heteroatoms. The summed E-state index contributed by atoms with van der Waals surface area (Å²) in [5, 5.41) is 3.49. The molecule has 2 aromatic rings. The summed E-state index contributed by atoms with van der Waals surface area (Å²) in [6.07, 6.45) is 2.51. The normalized spacial score (nSPS) is 18.6. The first-order valence-corrected chi connectivity index (χ1v) is 11.2. The molecular weight excluding hydrogens is 396 g/mol. The lowest BCUT2D eigenvalue weighted by atomic mass is 9.85. The zero-order valence-electron chi connectivity index (χ0n) is 17.5. The van der Waals surface area contributed by atoms with E-state index in [2.05, 4.69) is 25.2 Å². The Morgan fingerprint density at radius 1 is 1.13 bits per heavy atom. The first-order valence-electron chi connectivity index (χ1n) is 10.0. The molecule has 5 nitrogen and oxygen atoms in total. The van der Waals surface area contributed by atoms with Gasteiger partial charge >= 0.3 is 0 Å². The number of carbonyl (C=O) groups is 2. The molecule has 1 fully saturated rings. The summed E-state index contributed by atoms with van der Waals surface area (Å²) in [7, 11) is 1.64. The van der Waals surface area contributed by atoms with Crippen molar-refractivity contribution in [2.24, 2.45) is 0 Å². The van der Waals surface area contributed by atoms with Gasteiger partial charge in [-0.2, -0.15) is 0 Å². The van der Waals surface area contributed by atoms with Crippen LogP contribution in [0, 0.1) is 0 Å². The summed E-state index contributed by atoms with van der Waals surface area (Å²) in [5.74, 6) is 2.40. The molecule has 0 aromatic heterocycles. The molecule has 156 valence electrons. The average molecular weight is 423 g/mol. The first-order chi connectivity index (χ1) is 14.4. The number of thioether (sulfide) groups is 1. The van der Waals surface area contributed by atoms with Crippen LogP contribution < -0.4 is 10.1 Å². The third kappa shape index (κ3) is 4.24. The largest absolute Gasteiger partial charge is 0.497 e. The lowest BCUT2D eigenvalue weighted by Gasteiger charge is -2.35. The minimum Gasteiger partial charge on any atom is -0.497 e. The number of allylic oxidation sites excluding steroid dienone is 1. The highest BCUT2D eigenvalue weighted by Gasteiger charge is 2.28. The molecule has 0 radical (unpaired) electrons. The fourth-order valence-corrected chi connectivity index (χ4v) is 4.85. The van der Waals surface area contributed by atoms with Crippen molar-refractivity contribution < 1.29 is 14.3 Å². The predicted octanol–water partition coefficient (Wildman–Crippen LogP) is 3.99. The molecule has 1 saturated heterocycles. The molecule has 2 aromatic carbocycles. The summed E-state index contributed by atoms with van der Waals surface area (Å²) in [5.41, 5.74) is 3.98. The van der Waals surface area contributed by atoms with Gasteiger partial charge in [0.25, 0.3) is 5.91 Å². The first kappa shape index (κ1) is 20.5. The van der Waals surface area contributed by atoms with E-state index in [1.165, 1.54) is 5.56 Å². The topological polar surface area (TPSA) is 58.6 Å². The Labute approximate surface area is 181 Å². The molecule has 0 aliphatic carbocycles. The number of ether oxygens (including phenoxy) is 1. The number of fused-ring (bicyclic) bond motifs is 1. The van der Waals surface area contributed by atoms with E-state index >= 15 is 0 Å². The molecule has 2 aliphatic heterocycles. The molecule has 4 rings (SSSR count). The number of hydrogen-bond donors (Lipinski definition) is 1. The van der Waals surface area contributed by atoms with Crippen LogP contribution in [0.1, 0.15) is 45.7 Å². The molecule has 0 saturated carbocycles. The quantitative estimate of drug-likeness (QED) is 0.596. The summed E-state index contributed by atoms with van der Waals surface area (Å²) in [6.45, 7) is 5.02. The van der Waals surface area contributed by atoms with Gasteiger partial charge in [-0.1, -0.05) is 18.2 Å². The van der Waals surface area contributed by atoms with Gasteiger partial charge in [0.15, 0.2) is 5.78 Å². The maximum absolute atomic E-state index is 13.0. The van der Waals surface area contributed by atoms with Gasteiger partial charge in [0.05, 0.1) is 13.0 Å². The van der Waals surface area contributed by atoms with Gasteiger partial charge in [0, 0.05) is 46.3 Å². The van der Waals surface area contributed by atoms with Crippen LogP contribution in [0.3, 0.4) is 0 Å². The molecule has 0 atom stereocenters. The van der Waals surface area contributed by atoms with Crippen LogP contribution in [0.2, 0.25) is 0 Å². The van der Waals surface area contributed by atoms with Gasteiger partial charge in [-0.3, -0.25) is 9.59 Å². The van der Waals surface area contributed by atoms with E-state index in [4.69, 9.17) is 4.74 Å². The minimum atomic E-state index is -0.155. The highest BCUT2D eigenvalue weighted by atomic mass is 32.2. The van der Waals surface area contributed by atoms with Crippen molar-refractivity contribution >= 4 is 29.1 Å². The average Bonchev–Trinajstić information content (AvgIpc) is 3.27. The summed E-state index contributed by atoms with van der Waals surface area (Å²) in [6, 6.07) is 12.9. The number of methoxy groups -OCH3 is 1. The fraction of sp³-hybridized carbons (Fsp3) is 0.333. The zero-order chi connectivity index (χ0) is 21.3. The van der Waals surface area contributed by atoms with Gasteiger partial charge in [-0.25, -0.2) is 0 Å². The Kier molecular flexibility index (Phi) is 5.60. The van der Waals surface area contributed by atoms with Crippen molar-refractivity contribution in [2.45, 2.75) is 25.8 Å². The minimum absolute atomic E-state index is 0.0223. The lowest BCUT2D eigenvalue weighted by molar-refractivity contribution is 0.0802. The van der Waals surface area contributed by atoms with Crippen LogP contribution in [0.15, 0.2) is 48.5 Å². The highest BCUT2D eigenvalue weighted by molar-refractivity contribution is 7.99. The predicted molar refractivity (Wildman–Crippen MR) is 121 cm³/mol. The second kappa shape index (κ2) is 8.19. The van der Waals surface area contributed by atoms with Gasteiger partial charge < -0.3 is 15.0 Å². The summed E-state index contributed by atoms with van der Waals surface area (Å²) < 4.78 is 5.37. The molecule has 0 unspecified atom stereocenters. The second-order valence-electron chi connectivity index (χ2n) is 8.31. The molecule has 2 heterocycles. The van der Waals surface area contributed by atoms with Gasteiger partial charge in [-0.05, 0) is 50.1 Å². The molecule has 2 aliphatic rings. The number of rotatable bonds is 4. The van der Waals surface area contributed by atoms with Crippen molar-refractivity contribution in [3.63, 3.8) is 0 Å². The number of ketones is 1. The Hall–Kier alpha value is -2.73. The number of benzene rings is 2. The number of amides is 1. The third-order valence-electron chi connectivity index (χ3n) is 5.44. The third-order valence-corrected chi connectivity index (χ3v) is 6.41. The van der Waals surface area contributed by atoms with Crippen LogP contribution in [-0.2, 0) is 6.42 Å². The van der Waals surface area contributed by atoms with Crippen molar-refractivity contribution in [3.05, 3.63) is 70.8 Å². The Morgan fingerprint density at radius 2 is 1.87 bits per heavy atom. The highest BCUT2D eigenvalue weighted by Crippen LogP contribution is 2.32. The number of nitrogens with zero attached hydrogens (tertiary/aromatic N) is 1. The van der Waals surface area contributed by atoms with Crippen LogP contribution in [0.4, 0.5) is 0 Å². The maximum Gasteiger partial charge on any atom is 0.254 e. The van der Waals surface area contributed by atoms with Crippen molar-refractivity contribution in [1.82, 2.24) is 10.2 Å². The van der Waals surface area contributed by atoms with Crippen molar-refractivity contribution in [1.29, 1.82) is 0 Å². The molecule has 1 amide bonds. The zero-order valence-corrected chi connectivity index (χ0v) is 18.3. The van der Waals surface area contributed by atoms with E-state index in [-0.39, 0.29) is 17.2 Å². The smallest absolute Gasteiger partial charge is 0.254 e. The summed E-state index contributed by atoms with van der Waals surface area (Å²) in [4.78, 5) is 27.3. The monoisotopic (exact) mass is 422 g/mol. The van der Waals surface area contributed by atoms with Crippen LogP contribution >= 0.6 is 11.8 Å². The Bertz CT molecular complexity index is 1010. The van der Waals surface area contributed by atoms with Gasteiger partial charge in [0.2, 0.25) is 0 Å². The van der Waals surface area contributed by atoms with E-state index < -0.39 is 0 Å². The van der Waals surface area contributed by atoms with Crippen LogP contribution in [-0.4, -0.2) is 47.4 Å². The van der Waals surface area contributed by atoms with Crippen molar-refractivity contribution in [2.75, 3.05) is 25.3 Å². The van der Waals surface area contributed by atoms with E-state index in [1.54, 1.807) is 49.2 Å². The van der Waals surface area contributed by atoms with Crippen LogP contribution in [0.25, 0.3) is 5.70 Å². The van der Waals surface area contributed by atoms with E-state index in [9.17, 15) is 9.59 Å². The number of carbonyl (C=O) groups excluding carboxylic acids is 2. The Balaban J connectivity index is 1.60. The fourth-order valence-electron chi connectivity index (χ4n) is 3.90. The number of hydrogen-bond acceptors (Lipinski definition) is 5. The second-order valence-corrected chi connectivity index (χ2v) is 9.39. The van der Waals surface area contributed by atoms with Crippen LogP contribution in [0.5, 0.6) is 5.75 Å². The SMILES string of the molecule is COc1ccc2c(c1)/C(=C/C(=O)c1ccc(C(=O)N3CCSC3)cc1)NC(C)(C)C2. The van der Waals surface area contributed by atoms with Gasteiger partial charge in [0.1, 0.15) is 5.75 Å². The van der Waals surface area contributed by atoms with Gasteiger partial charge in [-0.15, -0.1) is 11.8 Å². The molecule has 0 spiro atoms. The molecule has 1 N–H and O–H groups in total. The molecule has 30 heavy (non-hydrogen) atoms. The van der Waals surface area contributed by atoms with E-state index in [0.717, 1.165) is 41.6 Å². The van der Waals surface area contributed by atoms with Crippen molar-refractivity contribution in [3.8, 4) is 5.75 Å². The Morgan fingerprint density at radius 3 is 2.53 bits per heavy atom. The van der Waals surface area contributed by atoms with E-state index in [1.807, 2.05) is 17.0 Å². The molecular formula is C24H26N2O3S.